The van der Waals surface area contributed by atoms with Crippen LogP contribution in [0.15, 0.2) is 96.7 Å². The first kappa shape index (κ1) is 28.2. The molecule has 42 heavy (non-hydrogen) atoms. The van der Waals surface area contributed by atoms with E-state index >= 15 is 0 Å². The van der Waals surface area contributed by atoms with Gasteiger partial charge in [-0.2, -0.15) is 0 Å². The summed E-state index contributed by atoms with van der Waals surface area (Å²) < 4.78 is 6.53. The number of carbonyl (C=O) groups excluding carboxylic acids is 2. The zero-order valence-electron chi connectivity index (χ0n) is 22.3. The van der Waals surface area contributed by atoms with Crippen molar-refractivity contribution in [2.24, 2.45) is 0 Å². The Hall–Kier alpha value is -3.90. The van der Waals surface area contributed by atoms with Crippen LogP contribution < -0.4 is 5.32 Å². The van der Waals surface area contributed by atoms with E-state index in [1.54, 1.807) is 4.90 Å². The van der Waals surface area contributed by atoms with Crippen molar-refractivity contribution in [2.45, 2.75) is 30.5 Å². The van der Waals surface area contributed by atoms with E-state index in [1.807, 2.05) is 91.0 Å². The van der Waals surface area contributed by atoms with E-state index in [-0.39, 0.29) is 35.3 Å². The van der Waals surface area contributed by atoms with Crippen molar-refractivity contribution in [3.8, 4) is 0 Å². The summed E-state index contributed by atoms with van der Waals surface area (Å²) >= 11 is 8.70. The Morgan fingerprint density at radius 2 is 1.62 bits per heavy atom. The maximum absolute atomic E-state index is 13.6. The highest BCUT2D eigenvalue weighted by Gasteiger charge is 2.54. The minimum atomic E-state index is -0.688. The van der Waals surface area contributed by atoms with Crippen LogP contribution in [0.3, 0.4) is 0 Å². The number of β-lactam (4-membered cyclic amide) rings is 1. The number of nitrogens with zero attached hydrogens (tertiary/aromatic N) is 3. The SMILES string of the molecule is O=C(Cc1ccccc1)N[C@@H]1C(=O)N2C(C(=S)OC(c3ccccc3)c3ccccc3)=C(c3nnc(CO)s3)CS[C@H]12. The predicted molar refractivity (Wildman–Crippen MR) is 166 cm³/mol. The predicted octanol–water partition coefficient (Wildman–Crippen LogP) is 4.52. The van der Waals surface area contributed by atoms with Crippen molar-refractivity contribution >= 4 is 57.8 Å². The number of aliphatic hydroxyl groups excluding tert-OH is 1. The summed E-state index contributed by atoms with van der Waals surface area (Å²) in [6.45, 7) is -0.237. The van der Waals surface area contributed by atoms with Gasteiger partial charge in [-0.15, -0.1) is 22.0 Å². The number of hydrogen-bond donors (Lipinski definition) is 2. The largest absolute Gasteiger partial charge is 0.469 e. The molecule has 11 heteroatoms. The van der Waals surface area contributed by atoms with Gasteiger partial charge in [-0.25, -0.2) is 0 Å². The lowest BCUT2D eigenvalue weighted by Gasteiger charge is -2.50. The van der Waals surface area contributed by atoms with Gasteiger partial charge in [0, 0.05) is 11.3 Å². The van der Waals surface area contributed by atoms with Gasteiger partial charge in [-0.3, -0.25) is 14.5 Å². The van der Waals surface area contributed by atoms with Gasteiger partial charge in [0.1, 0.15) is 33.2 Å². The standard InChI is InChI=1S/C31H26N4O4S3/c36-17-24-33-34-28(42-24)22-18-41-30-25(32-23(37)16-19-10-4-1-5-11-19)29(38)35(30)26(22)31(40)39-27(20-12-6-2-7-13-20)21-14-8-3-9-15-21/h1-15,25,27,30,36H,16-18H2,(H,32,37)/t25-,30-/m1/s1. The van der Waals surface area contributed by atoms with E-state index < -0.39 is 12.1 Å². The summed E-state index contributed by atoms with van der Waals surface area (Å²) in [5, 5.41) is 21.7. The Morgan fingerprint density at radius 3 is 2.21 bits per heavy atom. The molecule has 3 aromatic carbocycles. The van der Waals surface area contributed by atoms with E-state index in [1.165, 1.54) is 23.1 Å². The molecule has 0 bridgehead atoms. The summed E-state index contributed by atoms with van der Waals surface area (Å²) in [5.41, 5.74) is 3.85. The normalized spacial score (nSPS) is 18.0. The maximum Gasteiger partial charge on any atom is 0.253 e. The Balaban J connectivity index is 1.31. The Morgan fingerprint density at radius 1 is 1.00 bits per heavy atom. The first-order chi connectivity index (χ1) is 20.5. The number of nitrogens with one attached hydrogen (secondary N) is 1. The van der Waals surface area contributed by atoms with Crippen LogP contribution in [0.1, 0.15) is 32.8 Å². The van der Waals surface area contributed by atoms with Crippen molar-refractivity contribution in [3.05, 3.63) is 123 Å². The average Bonchev–Trinajstić information content (AvgIpc) is 3.52. The average molecular weight is 615 g/mol. The molecule has 4 aromatic rings. The molecule has 2 atom stereocenters. The summed E-state index contributed by atoms with van der Waals surface area (Å²) in [6.07, 6.45) is -0.330. The third kappa shape index (κ3) is 5.73. The number of fused-ring (bicyclic) bond motifs is 1. The van der Waals surface area contributed by atoms with Crippen molar-refractivity contribution in [2.75, 3.05) is 5.75 Å². The molecule has 2 N–H and O–H groups in total. The molecule has 8 nitrogen and oxygen atoms in total. The van der Waals surface area contributed by atoms with Gasteiger partial charge in [0.25, 0.3) is 5.91 Å². The highest BCUT2D eigenvalue weighted by Crippen LogP contribution is 2.45. The third-order valence-corrected chi connectivity index (χ3v) is 9.51. The van der Waals surface area contributed by atoms with Crippen molar-refractivity contribution in [1.29, 1.82) is 0 Å². The fraction of sp³-hybridized carbons (Fsp3) is 0.194. The molecule has 1 saturated heterocycles. The number of rotatable bonds is 9. The molecule has 2 aliphatic rings. The molecule has 2 amide bonds. The summed E-state index contributed by atoms with van der Waals surface area (Å²) in [7, 11) is 0. The van der Waals surface area contributed by atoms with E-state index in [4.69, 9.17) is 17.0 Å². The molecular formula is C31H26N4O4S3. The topological polar surface area (TPSA) is 105 Å². The van der Waals surface area contributed by atoms with Crippen LogP contribution >= 0.6 is 35.3 Å². The summed E-state index contributed by atoms with van der Waals surface area (Å²) in [6, 6.07) is 28.2. The van der Waals surface area contributed by atoms with Gasteiger partial charge in [0.2, 0.25) is 11.0 Å². The van der Waals surface area contributed by atoms with Gasteiger partial charge in [-0.1, -0.05) is 102 Å². The quantitative estimate of drug-likeness (QED) is 0.210. The zero-order chi connectivity index (χ0) is 29.1. The van der Waals surface area contributed by atoms with Crippen molar-refractivity contribution < 1.29 is 19.4 Å². The number of aromatic nitrogens is 2. The second kappa shape index (κ2) is 12.5. The monoisotopic (exact) mass is 614 g/mol. The molecule has 0 unspecified atom stereocenters. The number of amides is 2. The van der Waals surface area contributed by atoms with Gasteiger partial charge in [-0.05, 0) is 28.9 Å². The van der Waals surface area contributed by atoms with Crippen LogP contribution in [-0.2, 0) is 27.4 Å². The molecule has 1 aromatic heterocycles. The molecule has 0 radical (unpaired) electrons. The second-order valence-corrected chi connectivity index (χ2v) is 12.2. The maximum atomic E-state index is 13.6. The lowest BCUT2D eigenvalue weighted by molar-refractivity contribution is -0.145. The smallest absolute Gasteiger partial charge is 0.253 e. The lowest BCUT2D eigenvalue weighted by Crippen LogP contribution is -2.70. The number of carbonyl (C=O) groups is 2. The van der Waals surface area contributed by atoms with E-state index in [2.05, 4.69) is 15.5 Å². The number of thiocarbonyl (C=S) groups is 1. The number of thioether (sulfide) groups is 1. The number of aliphatic hydroxyl groups is 1. The highest BCUT2D eigenvalue weighted by molar-refractivity contribution is 8.00. The van der Waals surface area contributed by atoms with Gasteiger partial charge in [0.05, 0.1) is 13.0 Å². The van der Waals surface area contributed by atoms with Gasteiger partial charge >= 0.3 is 0 Å². The summed E-state index contributed by atoms with van der Waals surface area (Å²) in [4.78, 5) is 28.1. The number of hydrogen-bond acceptors (Lipinski definition) is 9. The molecule has 3 heterocycles. The minimum absolute atomic E-state index is 0.149. The third-order valence-electron chi connectivity index (χ3n) is 6.98. The summed E-state index contributed by atoms with van der Waals surface area (Å²) in [5.74, 6) is -0.0190. The van der Waals surface area contributed by atoms with Crippen molar-refractivity contribution in [1.82, 2.24) is 20.4 Å². The van der Waals surface area contributed by atoms with Gasteiger partial charge in [0.15, 0.2) is 0 Å². The van der Waals surface area contributed by atoms with E-state index in [0.29, 0.717) is 27.0 Å². The number of benzene rings is 3. The molecule has 212 valence electrons. The first-order valence-electron chi connectivity index (χ1n) is 13.3. The van der Waals surface area contributed by atoms with E-state index in [0.717, 1.165) is 16.7 Å². The Bertz CT molecular complexity index is 1590. The lowest BCUT2D eigenvalue weighted by atomic mass is 10.0. The Kier molecular flexibility index (Phi) is 8.43. The molecule has 0 saturated carbocycles. The van der Waals surface area contributed by atoms with Crippen LogP contribution in [-0.4, -0.2) is 54.2 Å². The molecule has 0 spiro atoms. The van der Waals surface area contributed by atoms with Crippen LogP contribution in [0.4, 0.5) is 0 Å². The number of ether oxygens (including phenoxy) is 1. The molecule has 1 fully saturated rings. The highest BCUT2D eigenvalue weighted by atomic mass is 32.2. The fourth-order valence-corrected chi connectivity index (χ4v) is 7.46. The van der Waals surface area contributed by atoms with Crippen LogP contribution in [0.25, 0.3) is 5.57 Å². The van der Waals surface area contributed by atoms with Gasteiger partial charge < -0.3 is 15.2 Å². The molecule has 6 rings (SSSR count). The molecular weight excluding hydrogens is 589 g/mol. The Labute approximate surface area is 256 Å². The van der Waals surface area contributed by atoms with Crippen LogP contribution in [0.5, 0.6) is 0 Å². The van der Waals surface area contributed by atoms with Crippen molar-refractivity contribution in [3.63, 3.8) is 0 Å². The molecule has 2 aliphatic heterocycles. The minimum Gasteiger partial charge on any atom is -0.469 e. The van der Waals surface area contributed by atoms with E-state index in [9.17, 15) is 14.7 Å². The van der Waals surface area contributed by atoms with Crippen LogP contribution in [0, 0.1) is 0 Å². The first-order valence-corrected chi connectivity index (χ1v) is 15.6. The second-order valence-electron chi connectivity index (χ2n) is 9.71. The fourth-order valence-electron chi connectivity index (χ4n) is 4.96. The van der Waals surface area contributed by atoms with Crippen LogP contribution in [0.2, 0.25) is 0 Å². The zero-order valence-corrected chi connectivity index (χ0v) is 24.7. The molecule has 0 aliphatic carbocycles.